The summed E-state index contributed by atoms with van der Waals surface area (Å²) < 4.78 is 1.73. The number of amides is 1. The first kappa shape index (κ1) is 16.6. The summed E-state index contributed by atoms with van der Waals surface area (Å²) in [5.74, 6) is 0.203. The number of aliphatic hydroxyl groups excluding tert-OH is 1. The lowest BCUT2D eigenvalue weighted by atomic mass is 9.75. The minimum atomic E-state index is -0.241. The van der Waals surface area contributed by atoms with Crippen LogP contribution in [0.4, 0.5) is 0 Å². The molecule has 0 aromatic carbocycles. The molecule has 1 saturated carbocycles. The highest BCUT2D eigenvalue weighted by Crippen LogP contribution is 2.31. The van der Waals surface area contributed by atoms with Crippen LogP contribution in [-0.2, 0) is 13.0 Å². The van der Waals surface area contributed by atoms with Crippen LogP contribution in [0.25, 0.3) is 0 Å². The first-order chi connectivity index (χ1) is 11.6. The fourth-order valence-electron chi connectivity index (χ4n) is 3.28. The molecule has 2 aromatic heterocycles. The van der Waals surface area contributed by atoms with Gasteiger partial charge in [-0.2, -0.15) is 5.10 Å². The third kappa shape index (κ3) is 3.64. The van der Waals surface area contributed by atoms with Crippen molar-refractivity contribution < 1.29 is 9.90 Å². The number of aryl methyl sites for hydroxylation is 2. The summed E-state index contributed by atoms with van der Waals surface area (Å²) in [4.78, 5) is 16.8. The molecule has 1 fully saturated rings. The average molecular weight is 328 g/mol. The van der Waals surface area contributed by atoms with E-state index in [-0.39, 0.29) is 18.1 Å². The Labute approximate surface area is 141 Å². The molecule has 0 radical (unpaired) electrons. The molecule has 3 rings (SSSR count). The molecule has 2 aromatic rings. The highest BCUT2D eigenvalue weighted by Gasteiger charge is 2.35. The number of carbonyl (C=O) groups is 1. The number of carbonyl (C=O) groups excluding carboxylic acids is 1. The van der Waals surface area contributed by atoms with E-state index >= 15 is 0 Å². The summed E-state index contributed by atoms with van der Waals surface area (Å²) in [6, 6.07) is 5.75. The Morgan fingerprint density at radius 2 is 2.12 bits per heavy atom. The average Bonchev–Trinajstić information content (AvgIpc) is 2.93. The second kappa shape index (κ2) is 7.13. The van der Waals surface area contributed by atoms with Crippen molar-refractivity contribution in [3.05, 3.63) is 47.5 Å². The van der Waals surface area contributed by atoms with Crippen LogP contribution in [0.2, 0.25) is 0 Å². The molecule has 2 N–H and O–H groups in total. The molecule has 0 unspecified atom stereocenters. The molecule has 2 heterocycles. The Kier molecular flexibility index (Phi) is 4.94. The van der Waals surface area contributed by atoms with E-state index in [4.69, 9.17) is 0 Å². The van der Waals surface area contributed by atoms with Crippen LogP contribution in [-0.4, -0.2) is 37.9 Å². The van der Waals surface area contributed by atoms with Crippen molar-refractivity contribution >= 4 is 5.91 Å². The predicted molar refractivity (Wildman–Crippen MR) is 90.6 cm³/mol. The molecule has 0 saturated heterocycles. The molecular formula is C18H24N4O2. The van der Waals surface area contributed by atoms with E-state index in [1.54, 1.807) is 17.1 Å². The number of aliphatic hydroxyl groups is 1. The molecule has 1 amide bonds. The number of pyridine rings is 1. The number of nitrogens with zero attached hydrogens (tertiary/aromatic N) is 3. The lowest BCUT2D eigenvalue weighted by molar-refractivity contribution is 0.0238. The van der Waals surface area contributed by atoms with Gasteiger partial charge in [0.1, 0.15) is 5.69 Å². The fourth-order valence-corrected chi connectivity index (χ4v) is 3.28. The Morgan fingerprint density at radius 3 is 2.75 bits per heavy atom. The van der Waals surface area contributed by atoms with Crippen molar-refractivity contribution in [1.82, 2.24) is 20.1 Å². The lowest BCUT2D eigenvalue weighted by Gasteiger charge is -2.38. The van der Waals surface area contributed by atoms with Gasteiger partial charge in [-0.1, -0.05) is 0 Å². The van der Waals surface area contributed by atoms with Crippen molar-refractivity contribution in [2.24, 2.45) is 5.92 Å². The highest BCUT2D eigenvalue weighted by molar-refractivity contribution is 5.92. The van der Waals surface area contributed by atoms with Crippen LogP contribution in [0, 0.1) is 12.8 Å². The van der Waals surface area contributed by atoms with Gasteiger partial charge in [0.15, 0.2) is 0 Å². The van der Waals surface area contributed by atoms with Crippen molar-refractivity contribution in [2.45, 2.75) is 51.8 Å². The summed E-state index contributed by atoms with van der Waals surface area (Å²) >= 11 is 0. The minimum absolute atomic E-state index is 0.00353. The second-order valence-electron chi connectivity index (χ2n) is 6.51. The SMILES string of the molecule is CCn1nc(C)cc1C(=O)N[C@H](Cc1ccncc1)C1CC(O)C1. The quantitative estimate of drug-likeness (QED) is 0.846. The fraction of sp³-hybridized carbons (Fsp3) is 0.500. The Morgan fingerprint density at radius 1 is 1.42 bits per heavy atom. The zero-order valence-electron chi connectivity index (χ0n) is 14.1. The third-order valence-electron chi connectivity index (χ3n) is 4.67. The maximum absolute atomic E-state index is 12.7. The number of aromatic nitrogens is 3. The maximum Gasteiger partial charge on any atom is 0.269 e. The van der Waals surface area contributed by atoms with Crippen molar-refractivity contribution in [3.8, 4) is 0 Å². The highest BCUT2D eigenvalue weighted by atomic mass is 16.3. The predicted octanol–water partition coefficient (Wildman–Crippen LogP) is 1.72. The van der Waals surface area contributed by atoms with E-state index in [2.05, 4.69) is 15.4 Å². The largest absolute Gasteiger partial charge is 0.393 e. The van der Waals surface area contributed by atoms with Gasteiger partial charge in [-0.25, -0.2) is 0 Å². The molecule has 24 heavy (non-hydrogen) atoms. The summed E-state index contributed by atoms with van der Waals surface area (Å²) in [7, 11) is 0. The van der Waals surface area contributed by atoms with Gasteiger partial charge in [0.05, 0.1) is 11.8 Å². The summed E-state index contributed by atoms with van der Waals surface area (Å²) in [5, 5.41) is 17.1. The van der Waals surface area contributed by atoms with E-state index in [1.807, 2.05) is 32.0 Å². The first-order valence-corrected chi connectivity index (χ1v) is 8.49. The molecule has 1 aliphatic carbocycles. The number of rotatable bonds is 6. The number of nitrogens with one attached hydrogen (secondary N) is 1. The lowest BCUT2D eigenvalue weighted by Crippen LogP contribution is -2.48. The van der Waals surface area contributed by atoms with E-state index in [9.17, 15) is 9.90 Å². The van der Waals surface area contributed by atoms with E-state index in [0.29, 0.717) is 18.2 Å². The molecule has 0 aliphatic heterocycles. The van der Waals surface area contributed by atoms with Gasteiger partial charge in [0, 0.05) is 25.0 Å². The number of hydrogen-bond donors (Lipinski definition) is 2. The molecule has 0 bridgehead atoms. The minimum Gasteiger partial charge on any atom is -0.393 e. The topological polar surface area (TPSA) is 80.0 Å². The summed E-state index contributed by atoms with van der Waals surface area (Å²) in [6.45, 7) is 4.52. The molecular weight excluding hydrogens is 304 g/mol. The van der Waals surface area contributed by atoms with Crippen LogP contribution >= 0.6 is 0 Å². The van der Waals surface area contributed by atoms with Crippen LogP contribution in [0.15, 0.2) is 30.6 Å². The first-order valence-electron chi connectivity index (χ1n) is 8.49. The Balaban J connectivity index is 1.74. The van der Waals surface area contributed by atoms with E-state index in [1.165, 1.54) is 0 Å². The molecule has 128 valence electrons. The van der Waals surface area contributed by atoms with Gasteiger partial charge in [0.25, 0.3) is 5.91 Å². The monoisotopic (exact) mass is 328 g/mol. The second-order valence-corrected chi connectivity index (χ2v) is 6.51. The van der Waals surface area contributed by atoms with Crippen molar-refractivity contribution in [2.75, 3.05) is 0 Å². The number of hydrogen-bond acceptors (Lipinski definition) is 4. The van der Waals surface area contributed by atoms with Crippen molar-refractivity contribution in [1.29, 1.82) is 0 Å². The molecule has 1 atom stereocenters. The van der Waals surface area contributed by atoms with Gasteiger partial charge in [-0.05, 0) is 62.8 Å². The molecule has 6 heteroatoms. The van der Waals surface area contributed by atoms with Crippen LogP contribution in [0.5, 0.6) is 0 Å². The van der Waals surface area contributed by atoms with Crippen LogP contribution in [0.3, 0.4) is 0 Å². The zero-order chi connectivity index (χ0) is 17.1. The Bertz CT molecular complexity index is 692. The molecule has 1 aliphatic rings. The Hall–Kier alpha value is -2.21. The summed E-state index contributed by atoms with van der Waals surface area (Å²) in [6.07, 6.45) is 5.50. The van der Waals surface area contributed by atoms with Gasteiger partial charge < -0.3 is 10.4 Å². The van der Waals surface area contributed by atoms with Gasteiger partial charge >= 0.3 is 0 Å². The van der Waals surface area contributed by atoms with Gasteiger partial charge in [-0.3, -0.25) is 14.5 Å². The zero-order valence-corrected chi connectivity index (χ0v) is 14.1. The normalized spacial score (nSPS) is 21.1. The van der Waals surface area contributed by atoms with Crippen molar-refractivity contribution in [3.63, 3.8) is 0 Å². The van der Waals surface area contributed by atoms with Gasteiger partial charge in [0.2, 0.25) is 0 Å². The van der Waals surface area contributed by atoms with Crippen LogP contribution < -0.4 is 5.32 Å². The van der Waals surface area contributed by atoms with E-state index in [0.717, 1.165) is 30.5 Å². The third-order valence-corrected chi connectivity index (χ3v) is 4.67. The standard InChI is InChI=1S/C18H24N4O2/c1-3-22-17(8-12(2)21-22)18(24)20-16(14-10-15(23)11-14)9-13-4-6-19-7-5-13/h4-8,14-16,23H,3,9-11H2,1-2H3,(H,20,24)/t14?,15?,16-/m1/s1. The summed E-state index contributed by atoms with van der Waals surface area (Å²) in [5.41, 5.74) is 2.57. The molecule has 6 nitrogen and oxygen atoms in total. The smallest absolute Gasteiger partial charge is 0.269 e. The van der Waals surface area contributed by atoms with Crippen LogP contribution in [0.1, 0.15) is 41.5 Å². The maximum atomic E-state index is 12.7. The molecule has 0 spiro atoms. The van der Waals surface area contributed by atoms with E-state index < -0.39 is 0 Å². The van der Waals surface area contributed by atoms with Gasteiger partial charge in [-0.15, -0.1) is 0 Å².